The van der Waals surface area contributed by atoms with Gasteiger partial charge in [-0.1, -0.05) is 6.07 Å². The molecule has 0 aromatic carbocycles. The first kappa shape index (κ1) is 12.2. The quantitative estimate of drug-likeness (QED) is 0.774. The van der Waals surface area contributed by atoms with Crippen molar-refractivity contribution in [2.75, 3.05) is 6.54 Å². The maximum absolute atomic E-state index is 11.7. The van der Waals surface area contributed by atoms with Crippen LogP contribution in [-0.2, 0) is 4.79 Å². The summed E-state index contributed by atoms with van der Waals surface area (Å²) in [5.74, 6) is -0.138. The molecule has 4 heteroatoms. The Bertz CT molecular complexity index is 383. The summed E-state index contributed by atoms with van der Waals surface area (Å²) in [6.45, 7) is 4.44. The Hall–Kier alpha value is -1.89. The van der Waals surface area contributed by atoms with Gasteiger partial charge in [0.05, 0.1) is 12.1 Å². The van der Waals surface area contributed by atoms with Crippen molar-refractivity contribution < 1.29 is 4.79 Å². The summed E-state index contributed by atoms with van der Waals surface area (Å²) >= 11 is 0. The standard InChI is InChI=1S/C12H15N3O/c1-3-15(12(16)6-7-13)10(2)11-5-4-8-14-9-11/h4-5,8-10H,3,6H2,1-2H3. The summed E-state index contributed by atoms with van der Waals surface area (Å²) in [5.41, 5.74) is 0.982. The Morgan fingerprint density at radius 3 is 2.94 bits per heavy atom. The molecule has 0 radical (unpaired) electrons. The van der Waals surface area contributed by atoms with E-state index in [4.69, 9.17) is 5.26 Å². The van der Waals surface area contributed by atoms with Gasteiger partial charge in [-0.05, 0) is 25.5 Å². The molecule has 1 aromatic heterocycles. The van der Waals surface area contributed by atoms with Crippen molar-refractivity contribution in [1.82, 2.24) is 9.88 Å². The number of pyridine rings is 1. The van der Waals surface area contributed by atoms with Gasteiger partial charge in [-0.2, -0.15) is 5.26 Å². The number of hydrogen-bond acceptors (Lipinski definition) is 3. The molecule has 0 aliphatic heterocycles. The zero-order valence-electron chi connectivity index (χ0n) is 9.55. The van der Waals surface area contributed by atoms with Crippen LogP contribution in [0.5, 0.6) is 0 Å². The average molecular weight is 217 g/mol. The molecular formula is C12H15N3O. The minimum atomic E-state index is -0.138. The number of hydrogen-bond donors (Lipinski definition) is 0. The SMILES string of the molecule is CCN(C(=O)CC#N)C(C)c1cccnc1. The van der Waals surface area contributed by atoms with Gasteiger partial charge in [0.2, 0.25) is 5.91 Å². The second-order valence-corrected chi connectivity index (χ2v) is 3.48. The predicted molar refractivity (Wildman–Crippen MR) is 60.3 cm³/mol. The highest BCUT2D eigenvalue weighted by atomic mass is 16.2. The van der Waals surface area contributed by atoms with E-state index in [1.165, 1.54) is 0 Å². The molecular weight excluding hydrogens is 202 g/mol. The molecule has 0 bridgehead atoms. The van der Waals surface area contributed by atoms with E-state index in [2.05, 4.69) is 4.98 Å². The van der Waals surface area contributed by atoms with Crippen molar-refractivity contribution >= 4 is 5.91 Å². The molecule has 1 amide bonds. The minimum Gasteiger partial charge on any atom is -0.335 e. The lowest BCUT2D eigenvalue weighted by atomic mass is 10.1. The molecule has 0 N–H and O–H groups in total. The van der Waals surface area contributed by atoms with Gasteiger partial charge >= 0.3 is 0 Å². The zero-order valence-corrected chi connectivity index (χ0v) is 9.55. The highest BCUT2D eigenvalue weighted by molar-refractivity contribution is 5.78. The predicted octanol–water partition coefficient (Wildman–Crippen LogP) is 1.90. The lowest BCUT2D eigenvalue weighted by Crippen LogP contribution is -2.33. The molecule has 0 fully saturated rings. The smallest absolute Gasteiger partial charge is 0.237 e. The van der Waals surface area contributed by atoms with Crippen LogP contribution in [0.25, 0.3) is 0 Å². The van der Waals surface area contributed by atoms with Gasteiger partial charge in [-0.15, -0.1) is 0 Å². The normalized spacial score (nSPS) is 11.6. The molecule has 1 aromatic rings. The third kappa shape index (κ3) is 2.80. The van der Waals surface area contributed by atoms with Gasteiger partial charge in [0.1, 0.15) is 6.42 Å². The van der Waals surface area contributed by atoms with Crippen LogP contribution in [0.3, 0.4) is 0 Å². The highest BCUT2D eigenvalue weighted by Crippen LogP contribution is 2.19. The van der Waals surface area contributed by atoms with Crippen LogP contribution >= 0.6 is 0 Å². The second-order valence-electron chi connectivity index (χ2n) is 3.48. The average Bonchev–Trinajstić information content (AvgIpc) is 2.31. The highest BCUT2D eigenvalue weighted by Gasteiger charge is 2.19. The summed E-state index contributed by atoms with van der Waals surface area (Å²) < 4.78 is 0. The zero-order chi connectivity index (χ0) is 12.0. The number of carbonyl (C=O) groups excluding carboxylic acids is 1. The Balaban J connectivity index is 2.82. The fourth-order valence-corrected chi connectivity index (χ4v) is 1.64. The lowest BCUT2D eigenvalue weighted by molar-refractivity contribution is -0.132. The van der Waals surface area contributed by atoms with Crippen LogP contribution in [0.1, 0.15) is 31.9 Å². The Morgan fingerprint density at radius 1 is 1.69 bits per heavy atom. The third-order valence-corrected chi connectivity index (χ3v) is 2.53. The first-order chi connectivity index (χ1) is 7.70. The first-order valence-electron chi connectivity index (χ1n) is 5.27. The van der Waals surface area contributed by atoms with Gasteiger partial charge in [0, 0.05) is 18.9 Å². The van der Waals surface area contributed by atoms with E-state index in [1.54, 1.807) is 17.3 Å². The molecule has 84 valence electrons. The van der Waals surface area contributed by atoms with Crippen LogP contribution < -0.4 is 0 Å². The van der Waals surface area contributed by atoms with E-state index >= 15 is 0 Å². The van der Waals surface area contributed by atoms with E-state index < -0.39 is 0 Å². The van der Waals surface area contributed by atoms with Crippen molar-refractivity contribution in [3.63, 3.8) is 0 Å². The molecule has 0 aliphatic carbocycles. The van der Waals surface area contributed by atoms with E-state index in [9.17, 15) is 4.79 Å². The number of carbonyl (C=O) groups is 1. The number of rotatable bonds is 4. The minimum absolute atomic E-state index is 0.0421. The fourth-order valence-electron chi connectivity index (χ4n) is 1.64. The summed E-state index contributed by atoms with van der Waals surface area (Å²) in [7, 11) is 0. The molecule has 16 heavy (non-hydrogen) atoms. The molecule has 0 aliphatic rings. The first-order valence-corrected chi connectivity index (χ1v) is 5.27. The molecule has 1 heterocycles. The second kappa shape index (κ2) is 5.86. The van der Waals surface area contributed by atoms with Gasteiger partial charge < -0.3 is 4.90 Å². The van der Waals surface area contributed by atoms with Crippen molar-refractivity contribution in [2.24, 2.45) is 0 Å². The third-order valence-electron chi connectivity index (χ3n) is 2.53. The monoisotopic (exact) mass is 217 g/mol. The van der Waals surface area contributed by atoms with E-state index in [0.29, 0.717) is 6.54 Å². The van der Waals surface area contributed by atoms with Crippen molar-refractivity contribution in [1.29, 1.82) is 5.26 Å². The topological polar surface area (TPSA) is 57.0 Å². The molecule has 0 saturated heterocycles. The van der Waals surface area contributed by atoms with Gasteiger partial charge in [0.25, 0.3) is 0 Å². The largest absolute Gasteiger partial charge is 0.335 e. The van der Waals surface area contributed by atoms with Crippen LogP contribution in [0.2, 0.25) is 0 Å². The van der Waals surface area contributed by atoms with E-state index in [-0.39, 0.29) is 18.4 Å². The van der Waals surface area contributed by atoms with Gasteiger partial charge in [0.15, 0.2) is 0 Å². The van der Waals surface area contributed by atoms with Crippen LogP contribution in [-0.4, -0.2) is 22.3 Å². The van der Waals surface area contributed by atoms with Crippen LogP contribution in [0.15, 0.2) is 24.5 Å². The van der Waals surface area contributed by atoms with Crippen molar-refractivity contribution in [3.05, 3.63) is 30.1 Å². The molecule has 0 saturated carbocycles. The molecule has 1 atom stereocenters. The van der Waals surface area contributed by atoms with E-state index in [1.807, 2.05) is 32.0 Å². The Kier molecular flexibility index (Phi) is 4.46. The fraction of sp³-hybridized carbons (Fsp3) is 0.417. The van der Waals surface area contributed by atoms with Crippen molar-refractivity contribution in [2.45, 2.75) is 26.3 Å². The maximum atomic E-state index is 11.7. The lowest BCUT2D eigenvalue weighted by Gasteiger charge is -2.27. The summed E-state index contributed by atoms with van der Waals surface area (Å²) in [4.78, 5) is 17.4. The van der Waals surface area contributed by atoms with Gasteiger partial charge in [-0.3, -0.25) is 9.78 Å². The number of nitrogens with zero attached hydrogens (tertiary/aromatic N) is 3. The van der Waals surface area contributed by atoms with Crippen molar-refractivity contribution in [3.8, 4) is 6.07 Å². The number of nitriles is 1. The summed E-state index contributed by atoms with van der Waals surface area (Å²) in [6, 6.07) is 5.61. The van der Waals surface area contributed by atoms with Crippen LogP contribution in [0.4, 0.5) is 0 Å². The number of aromatic nitrogens is 1. The molecule has 4 nitrogen and oxygen atoms in total. The maximum Gasteiger partial charge on any atom is 0.237 e. The van der Waals surface area contributed by atoms with Crippen LogP contribution in [0, 0.1) is 11.3 Å². The summed E-state index contributed by atoms with van der Waals surface area (Å²) in [5, 5.41) is 8.52. The number of amides is 1. The molecule has 1 rings (SSSR count). The Labute approximate surface area is 95.5 Å². The molecule has 1 unspecified atom stereocenters. The Morgan fingerprint density at radius 2 is 2.44 bits per heavy atom. The molecule has 0 spiro atoms. The van der Waals surface area contributed by atoms with E-state index in [0.717, 1.165) is 5.56 Å². The summed E-state index contributed by atoms with van der Waals surface area (Å²) in [6.07, 6.45) is 3.37. The van der Waals surface area contributed by atoms with Gasteiger partial charge in [-0.25, -0.2) is 0 Å².